The van der Waals surface area contributed by atoms with E-state index in [2.05, 4.69) is 22.0 Å². The van der Waals surface area contributed by atoms with Crippen molar-refractivity contribution in [2.75, 3.05) is 26.3 Å². The number of ether oxygens (including phenoxy) is 2. The van der Waals surface area contributed by atoms with E-state index in [1.54, 1.807) is 6.20 Å². The van der Waals surface area contributed by atoms with E-state index in [0.717, 1.165) is 62.8 Å². The van der Waals surface area contributed by atoms with Gasteiger partial charge in [0.1, 0.15) is 11.5 Å². The minimum atomic E-state index is -5.08. The number of halogens is 6. The molecule has 2 aromatic rings. The number of fused-ring (bicyclic) bond motifs is 1. The fourth-order valence-corrected chi connectivity index (χ4v) is 4.37. The molecule has 9 nitrogen and oxygen atoms in total. The minimum absolute atomic E-state index is 0.0837. The summed E-state index contributed by atoms with van der Waals surface area (Å²) in [5.41, 5.74) is 1.20. The van der Waals surface area contributed by atoms with Crippen LogP contribution in [0.4, 0.5) is 26.3 Å². The summed E-state index contributed by atoms with van der Waals surface area (Å²) in [5, 5.41) is 14.2. The van der Waals surface area contributed by atoms with Crippen molar-refractivity contribution in [3.05, 3.63) is 53.7 Å². The van der Waals surface area contributed by atoms with Crippen LogP contribution in [0, 0.1) is 12.3 Å². The molecule has 2 aliphatic rings. The molecule has 2 unspecified atom stereocenters. The van der Waals surface area contributed by atoms with Crippen LogP contribution in [0.15, 0.2) is 41.1 Å². The first-order valence-corrected chi connectivity index (χ1v) is 12.1. The monoisotopic (exact) mass is 584 g/mol. The van der Waals surface area contributed by atoms with Gasteiger partial charge in [-0.1, -0.05) is 6.07 Å². The predicted molar refractivity (Wildman–Crippen MR) is 126 cm³/mol. The Balaban J connectivity index is 0.000000333. The number of carbonyl (C=O) groups is 2. The van der Waals surface area contributed by atoms with Crippen molar-refractivity contribution in [1.82, 2.24) is 9.88 Å². The van der Waals surface area contributed by atoms with Crippen molar-refractivity contribution in [3.8, 4) is 0 Å². The van der Waals surface area contributed by atoms with Gasteiger partial charge in [-0.15, -0.1) is 0 Å². The van der Waals surface area contributed by atoms with Crippen molar-refractivity contribution >= 4 is 11.9 Å². The maximum absolute atomic E-state index is 10.6. The van der Waals surface area contributed by atoms with Crippen LogP contribution >= 0.6 is 0 Å². The lowest BCUT2D eigenvalue weighted by molar-refractivity contribution is -0.193. The van der Waals surface area contributed by atoms with Gasteiger partial charge in [-0.25, -0.2) is 9.59 Å². The highest BCUT2D eigenvalue weighted by atomic mass is 19.4. The average molecular weight is 585 g/mol. The number of carboxylic acids is 2. The lowest BCUT2D eigenvalue weighted by Crippen LogP contribution is -2.56. The first-order valence-electron chi connectivity index (χ1n) is 12.1. The van der Waals surface area contributed by atoms with Crippen LogP contribution in [0.2, 0.25) is 0 Å². The first-order chi connectivity index (χ1) is 18.6. The number of furan rings is 1. The zero-order chi connectivity index (χ0) is 30.0. The number of nitrogens with zero attached hydrogens (tertiary/aromatic N) is 2. The second-order valence-electron chi connectivity index (χ2n) is 9.30. The van der Waals surface area contributed by atoms with Crippen LogP contribution < -0.4 is 0 Å². The molecule has 2 fully saturated rings. The van der Waals surface area contributed by atoms with Gasteiger partial charge in [-0.2, -0.15) is 26.3 Å². The molecule has 2 atom stereocenters. The van der Waals surface area contributed by atoms with Crippen LogP contribution in [0.1, 0.15) is 36.3 Å². The summed E-state index contributed by atoms with van der Waals surface area (Å²) in [5.74, 6) is -3.49. The lowest BCUT2D eigenvalue weighted by Gasteiger charge is -2.50. The van der Waals surface area contributed by atoms with Crippen molar-refractivity contribution < 1.29 is 60.0 Å². The van der Waals surface area contributed by atoms with Gasteiger partial charge in [0, 0.05) is 37.5 Å². The summed E-state index contributed by atoms with van der Waals surface area (Å²) in [4.78, 5) is 24.5. The van der Waals surface area contributed by atoms with Gasteiger partial charge in [0.25, 0.3) is 0 Å². The third-order valence-corrected chi connectivity index (χ3v) is 6.11. The highest BCUT2D eigenvalue weighted by Gasteiger charge is 2.46. The van der Waals surface area contributed by atoms with Crippen LogP contribution in [0.25, 0.3) is 0 Å². The number of aliphatic carboxylic acids is 2. The number of piperidine rings is 1. The van der Waals surface area contributed by atoms with Crippen LogP contribution in [-0.4, -0.2) is 76.8 Å². The Morgan fingerprint density at radius 3 is 2.30 bits per heavy atom. The number of alkyl halides is 6. The lowest BCUT2D eigenvalue weighted by atomic mass is 9.73. The van der Waals surface area contributed by atoms with Crippen LogP contribution in [-0.2, 0) is 32.2 Å². The molecule has 0 bridgehead atoms. The Labute approximate surface area is 225 Å². The topological polar surface area (TPSA) is 122 Å². The number of hydrogen-bond acceptors (Lipinski definition) is 7. The smallest absolute Gasteiger partial charge is 0.475 e. The molecule has 40 heavy (non-hydrogen) atoms. The van der Waals surface area contributed by atoms with Crippen molar-refractivity contribution in [3.63, 3.8) is 0 Å². The Kier molecular flexibility index (Phi) is 11.9. The molecule has 0 amide bonds. The number of likely N-dealkylation sites (tertiary alicyclic amines) is 1. The molecule has 0 aromatic carbocycles. The molecule has 0 aliphatic carbocycles. The van der Waals surface area contributed by atoms with Gasteiger partial charge in [0.05, 0.1) is 25.9 Å². The number of hydrogen-bond donors (Lipinski definition) is 2. The fraction of sp³-hybridized carbons (Fsp3) is 0.560. The summed E-state index contributed by atoms with van der Waals surface area (Å²) >= 11 is 0. The zero-order valence-electron chi connectivity index (χ0n) is 21.5. The highest BCUT2D eigenvalue weighted by molar-refractivity contribution is 5.73. The minimum Gasteiger partial charge on any atom is -0.475 e. The Morgan fingerprint density at radius 2 is 1.77 bits per heavy atom. The summed E-state index contributed by atoms with van der Waals surface area (Å²) < 4.78 is 81.6. The van der Waals surface area contributed by atoms with Gasteiger partial charge < -0.3 is 24.1 Å². The van der Waals surface area contributed by atoms with E-state index in [-0.39, 0.29) is 5.41 Å². The first kappa shape index (κ1) is 33.0. The largest absolute Gasteiger partial charge is 0.490 e. The highest BCUT2D eigenvalue weighted by Crippen LogP contribution is 2.41. The molecule has 0 spiro atoms. The van der Waals surface area contributed by atoms with E-state index < -0.39 is 24.3 Å². The summed E-state index contributed by atoms with van der Waals surface area (Å²) in [7, 11) is 0. The van der Waals surface area contributed by atoms with Crippen molar-refractivity contribution in [2.45, 2.75) is 57.8 Å². The van der Waals surface area contributed by atoms with E-state index in [1.807, 2.05) is 25.3 Å². The van der Waals surface area contributed by atoms with E-state index in [0.29, 0.717) is 12.7 Å². The van der Waals surface area contributed by atoms with E-state index in [4.69, 9.17) is 33.7 Å². The second-order valence-corrected chi connectivity index (χ2v) is 9.30. The van der Waals surface area contributed by atoms with Crippen LogP contribution in [0.3, 0.4) is 0 Å². The third-order valence-electron chi connectivity index (χ3n) is 6.11. The van der Waals surface area contributed by atoms with Crippen molar-refractivity contribution in [2.24, 2.45) is 5.41 Å². The molecule has 4 heterocycles. The van der Waals surface area contributed by atoms with Gasteiger partial charge in [-0.3, -0.25) is 9.88 Å². The van der Waals surface area contributed by atoms with Crippen LogP contribution in [0.5, 0.6) is 0 Å². The van der Waals surface area contributed by atoms with Gasteiger partial charge in [-0.05, 0) is 49.9 Å². The average Bonchev–Trinajstić information content (AvgIpc) is 3.28. The quantitative estimate of drug-likeness (QED) is 0.460. The van der Waals surface area contributed by atoms with E-state index >= 15 is 0 Å². The molecule has 2 aliphatic heterocycles. The summed E-state index contributed by atoms with van der Waals surface area (Å²) in [6, 6.07) is 8.14. The molecule has 2 aromatic heterocycles. The second kappa shape index (κ2) is 14.5. The van der Waals surface area contributed by atoms with Crippen molar-refractivity contribution in [1.29, 1.82) is 0 Å². The molecule has 2 N–H and O–H groups in total. The number of pyridine rings is 1. The fourth-order valence-electron chi connectivity index (χ4n) is 4.37. The molecular formula is C25H30F6N2O7. The molecule has 0 radical (unpaired) electrons. The standard InChI is InChI=1S/C21H28N2O3.2C2HF3O2/c1-17-5-6-19(26-17)13-23-10-7-20-21(15-23,8-3-11-25-20)16-24-14-18-4-2-9-22-12-18;2*3-2(4,5)1(6)7/h2,4-6,9,12,20H,3,7-8,10-11,13-16H2,1H3;2*(H,6,7). The maximum atomic E-state index is 10.6. The Hall–Kier alpha value is -3.17. The van der Waals surface area contributed by atoms with E-state index in [1.165, 1.54) is 6.42 Å². The maximum Gasteiger partial charge on any atom is 0.490 e. The molecule has 15 heteroatoms. The van der Waals surface area contributed by atoms with Gasteiger partial charge >= 0.3 is 24.3 Å². The van der Waals surface area contributed by atoms with Gasteiger partial charge in [0.15, 0.2) is 0 Å². The third kappa shape index (κ3) is 10.8. The molecular weight excluding hydrogens is 554 g/mol. The molecule has 2 saturated heterocycles. The number of rotatable bonds is 6. The zero-order valence-corrected chi connectivity index (χ0v) is 21.5. The normalized spacial score (nSPS) is 21.2. The number of carboxylic acid groups (broad SMARTS) is 2. The number of aromatic nitrogens is 1. The van der Waals surface area contributed by atoms with Gasteiger partial charge in [0.2, 0.25) is 0 Å². The molecule has 224 valence electrons. The van der Waals surface area contributed by atoms with E-state index in [9.17, 15) is 26.3 Å². The summed E-state index contributed by atoms with van der Waals surface area (Å²) in [6.07, 6.45) is -2.85. The Bertz CT molecular complexity index is 1050. The SMILES string of the molecule is Cc1ccc(CN2CCC3OCCCC3(COCc3cccnc3)C2)o1.O=C(O)C(F)(F)F.O=C(O)C(F)(F)F. The summed E-state index contributed by atoms with van der Waals surface area (Å²) in [6.45, 7) is 7.15. The molecule has 0 saturated carbocycles. The number of aryl methyl sites for hydroxylation is 1. The molecule has 4 rings (SSSR count). The predicted octanol–water partition coefficient (Wildman–Crippen LogP) is 4.84. The Morgan fingerprint density at radius 1 is 1.12 bits per heavy atom.